The van der Waals surface area contributed by atoms with Gasteiger partial charge in [-0.05, 0) is 33.3 Å². The Hall–Kier alpha value is -1.65. The number of hydrogen-bond donors (Lipinski definition) is 2. The average Bonchev–Trinajstić information content (AvgIpc) is 3.11. The summed E-state index contributed by atoms with van der Waals surface area (Å²) < 4.78 is 5.80. The van der Waals surface area contributed by atoms with E-state index in [1.54, 1.807) is 6.92 Å². The van der Waals surface area contributed by atoms with E-state index in [0.29, 0.717) is 17.2 Å². The van der Waals surface area contributed by atoms with Crippen LogP contribution >= 0.6 is 34.4 Å². The number of nitrogens with one attached hydrogen (secondary N) is 2. The minimum Gasteiger partial charge on any atom is -0.462 e. The van der Waals surface area contributed by atoms with Crippen molar-refractivity contribution in [1.82, 2.24) is 10.2 Å². The number of esters is 1. The van der Waals surface area contributed by atoms with Gasteiger partial charge in [-0.2, -0.15) is 0 Å². The highest BCUT2D eigenvalue weighted by atomic mass is 32.2. The van der Waals surface area contributed by atoms with E-state index in [9.17, 15) is 9.59 Å². The maximum Gasteiger partial charge on any atom is 0.341 e. The molecule has 0 aliphatic heterocycles. The van der Waals surface area contributed by atoms with Crippen LogP contribution in [0, 0.1) is 13.8 Å². The first-order chi connectivity index (χ1) is 12.0. The van der Waals surface area contributed by atoms with E-state index in [4.69, 9.17) is 4.74 Å². The van der Waals surface area contributed by atoms with Crippen LogP contribution in [0.25, 0.3) is 0 Å². The van der Waals surface area contributed by atoms with Gasteiger partial charge in [-0.3, -0.25) is 4.79 Å². The third-order valence-corrected chi connectivity index (χ3v) is 6.32. The molecular weight excluding hydrogens is 380 g/mol. The van der Waals surface area contributed by atoms with E-state index >= 15 is 0 Å². The largest absolute Gasteiger partial charge is 0.462 e. The molecule has 2 rings (SSSR count). The molecule has 136 valence electrons. The predicted molar refractivity (Wildman–Crippen MR) is 103 cm³/mol. The summed E-state index contributed by atoms with van der Waals surface area (Å²) >= 11 is 4.09. The Morgan fingerprint density at radius 2 is 1.96 bits per heavy atom. The molecule has 0 saturated carbocycles. The molecule has 0 unspecified atom stereocenters. The van der Waals surface area contributed by atoms with Gasteiger partial charge in [0.1, 0.15) is 5.00 Å². The van der Waals surface area contributed by atoms with Crippen LogP contribution in [0.3, 0.4) is 0 Å². The van der Waals surface area contributed by atoms with Crippen LogP contribution in [-0.2, 0) is 9.53 Å². The summed E-state index contributed by atoms with van der Waals surface area (Å²) in [7, 11) is 0. The van der Waals surface area contributed by atoms with Crippen LogP contribution < -0.4 is 10.6 Å². The third-order valence-electron chi connectivity index (χ3n) is 3.18. The van der Waals surface area contributed by atoms with Crippen LogP contribution in [-0.4, -0.2) is 41.0 Å². The Labute approximate surface area is 158 Å². The van der Waals surface area contributed by atoms with E-state index < -0.39 is 5.97 Å². The zero-order chi connectivity index (χ0) is 18.4. The molecule has 2 aromatic rings. The highest BCUT2D eigenvalue weighted by Crippen LogP contribution is 2.33. The molecule has 0 aliphatic carbocycles. The fourth-order valence-electron chi connectivity index (χ4n) is 1.94. The van der Waals surface area contributed by atoms with Gasteiger partial charge in [0.2, 0.25) is 11.0 Å². The molecule has 2 heterocycles. The van der Waals surface area contributed by atoms with Crippen LogP contribution in [0.4, 0.5) is 10.1 Å². The summed E-state index contributed by atoms with van der Waals surface area (Å²) in [5.74, 6) is -0.414. The smallest absolute Gasteiger partial charge is 0.341 e. The van der Waals surface area contributed by atoms with Crippen molar-refractivity contribution >= 4 is 56.4 Å². The number of ether oxygens (including phenoxy) is 1. The fourth-order valence-corrected chi connectivity index (χ4v) is 4.63. The van der Waals surface area contributed by atoms with Crippen LogP contribution in [0.1, 0.15) is 34.6 Å². The first-order valence-electron chi connectivity index (χ1n) is 7.73. The summed E-state index contributed by atoms with van der Waals surface area (Å²) in [4.78, 5) is 25.3. The molecule has 0 radical (unpaired) electrons. The molecule has 0 atom stereocenters. The molecule has 0 saturated heterocycles. The Balaban J connectivity index is 2.00. The standard InChI is InChI=1S/C15H20N4O3S3/c1-5-16-14-18-19-15(25-14)23-7-10(20)17-12-11(13(21)22-6-2)8(3)9(4)24-12/h5-7H2,1-4H3,(H,16,18)(H,17,20). The Kier molecular flexibility index (Phi) is 7.21. The van der Waals surface area contributed by atoms with Crippen LogP contribution in [0.2, 0.25) is 0 Å². The minimum absolute atomic E-state index is 0.193. The second-order valence-corrected chi connectivity index (χ2v) is 8.37. The van der Waals surface area contributed by atoms with Crippen molar-refractivity contribution in [2.75, 3.05) is 29.5 Å². The predicted octanol–water partition coefficient (Wildman–Crippen LogP) is 3.56. The average molecular weight is 401 g/mol. The zero-order valence-corrected chi connectivity index (χ0v) is 16.9. The van der Waals surface area contributed by atoms with Crippen molar-refractivity contribution in [2.45, 2.75) is 32.0 Å². The van der Waals surface area contributed by atoms with E-state index in [2.05, 4.69) is 20.8 Å². The monoisotopic (exact) mass is 400 g/mol. The number of carbonyl (C=O) groups is 2. The number of aryl methyl sites for hydroxylation is 1. The van der Waals surface area contributed by atoms with Crippen LogP contribution in [0.15, 0.2) is 4.34 Å². The first kappa shape index (κ1) is 19.7. The maximum absolute atomic E-state index is 12.2. The molecule has 0 bridgehead atoms. The zero-order valence-electron chi connectivity index (χ0n) is 14.5. The fraction of sp³-hybridized carbons (Fsp3) is 0.467. The molecule has 1 amide bonds. The van der Waals surface area contributed by atoms with Crippen molar-refractivity contribution in [3.8, 4) is 0 Å². The highest BCUT2D eigenvalue weighted by Gasteiger charge is 2.22. The Morgan fingerprint density at radius 3 is 2.64 bits per heavy atom. The molecule has 0 aliphatic rings. The summed E-state index contributed by atoms with van der Waals surface area (Å²) in [5, 5.41) is 15.2. The van der Waals surface area contributed by atoms with Gasteiger partial charge in [-0.15, -0.1) is 21.5 Å². The van der Waals surface area contributed by atoms with Gasteiger partial charge in [0, 0.05) is 11.4 Å². The van der Waals surface area contributed by atoms with E-state index in [1.807, 2.05) is 20.8 Å². The lowest BCUT2D eigenvalue weighted by molar-refractivity contribution is -0.113. The van der Waals surface area contributed by atoms with Gasteiger partial charge < -0.3 is 15.4 Å². The number of anilines is 2. The second-order valence-electron chi connectivity index (χ2n) is 4.95. The second kappa shape index (κ2) is 9.16. The summed E-state index contributed by atoms with van der Waals surface area (Å²) in [6.07, 6.45) is 0. The molecule has 0 fully saturated rings. The summed E-state index contributed by atoms with van der Waals surface area (Å²) in [6, 6.07) is 0. The van der Waals surface area contributed by atoms with Gasteiger partial charge in [-0.1, -0.05) is 23.1 Å². The summed E-state index contributed by atoms with van der Waals surface area (Å²) in [6.45, 7) is 8.57. The van der Waals surface area contributed by atoms with Gasteiger partial charge >= 0.3 is 5.97 Å². The molecule has 7 nitrogen and oxygen atoms in total. The number of nitrogens with zero attached hydrogens (tertiary/aromatic N) is 2. The van der Waals surface area contributed by atoms with Gasteiger partial charge in [0.25, 0.3) is 0 Å². The lowest BCUT2D eigenvalue weighted by Gasteiger charge is -2.06. The molecule has 25 heavy (non-hydrogen) atoms. The molecule has 0 aromatic carbocycles. The van der Waals surface area contributed by atoms with Crippen molar-refractivity contribution in [2.24, 2.45) is 0 Å². The number of thioether (sulfide) groups is 1. The lowest BCUT2D eigenvalue weighted by Crippen LogP contribution is -2.16. The normalized spacial score (nSPS) is 10.6. The number of thiophene rings is 1. The van der Waals surface area contributed by atoms with Crippen molar-refractivity contribution < 1.29 is 14.3 Å². The van der Waals surface area contributed by atoms with Gasteiger partial charge in [0.15, 0.2) is 4.34 Å². The van der Waals surface area contributed by atoms with Gasteiger partial charge in [-0.25, -0.2) is 4.79 Å². The third kappa shape index (κ3) is 5.16. The van der Waals surface area contributed by atoms with E-state index in [1.165, 1.54) is 34.4 Å². The quantitative estimate of drug-likeness (QED) is 0.517. The lowest BCUT2D eigenvalue weighted by atomic mass is 10.1. The summed E-state index contributed by atoms with van der Waals surface area (Å²) in [5.41, 5.74) is 1.28. The first-order valence-corrected chi connectivity index (χ1v) is 10.3. The van der Waals surface area contributed by atoms with Crippen molar-refractivity contribution in [1.29, 1.82) is 0 Å². The number of carbonyl (C=O) groups excluding carboxylic acids is 2. The van der Waals surface area contributed by atoms with Crippen molar-refractivity contribution in [3.63, 3.8) is 0 Å². The molecule has 2 N–H and O–H groups in total. The van der Waals surface area contributed by atoms with E-state index in [0.717, 1.165) is 26.5 Å². The topological polar surface area (TPSA) is 93.2 Å². The maximum atomic E-state index is 12.2. The minimum atomic E-state index is -0.410. The van der Waals surface area contributed by atoms with Crippen molar-refractivity contribution in [3.05, 3.63) is 16.0 Å². The number of amides is 1. The Morgan fingerprint density at radius 1 is 1.20 bits per heavy atom. The van der Waals surface area contributed by atoms with Crippen LogP contribution in [0.5, 0.6) is 0 Å². The SMILES string of the molecule is CCNc1nnc(SCC(=O)Nc2sc(C)c(C)c2C(=O)OCC)s1. The van der Waals surface area contributed by atoms with Gasteiger partial charge in [0.05, 0.1) is 17.9 Å². The molecule has 2 aromatic heterocycles. The molecular formula is C15H20N4O3S3. The number of rotatable bonds is 8. The Bertz CT molecular complexity index is 757. The van der Waals surface area contributed by atoms with E-state index in [-0.39, 0.29) is 11.7 Å². The number of hydrogen-bond acceptors (Lipinski definition) is 9. The highest BCUT2D eigenvalue weighted by molar-refractivity contribution is 8.01. The molecule has 0 spiro atoms. The molecule has 10 heteroatoms. The number of aromatic nitrogens is 2.